The minimum absolute atomic E-state index is 0.00998. The summed E-state index contributed by atoms with van der Waals surface area (Å²) >= 11 is 0. The molecular formula is C22H22N2O5. The highest BCUT2D eigenvalue weighted by Crippen LogP contribution is 2.39. The zero-order valence-electron chi connectivity index (χ0n) is 16.5. The Labute approximate surface area is 169 Å². The Morgan fingerprint density at radius 1 is 0.966 bits per heavy atom. The highest BCUT2D eigenvalue weighted by molar-refractivity contribution is 6.07. The number of pyridine rings is 1. The zero-order chi connectivity index (χ0) is 20.8. The minimum Gasteiger partial charge on any atom is -0.506 e. The van der Waals surface area contributed by atoms with Crippen LogP contribution < -0.4 is 19.1 Å². The second-order valence-electron chi connectivity index (χ2n) is 6.12. The summed E-state index contributed by atoms with van der Waals surface area (Å²) in [6.45, 7) is 0.175. The molecule has 1 amide bonds. The summed E-state index contributed by atoms with van der Waals surface area (Å²) in [5, 5.41) is 10.4. The molecule has 3 rings (SSSR count). The Balaban J connectivity index is 2.08. The molecule has 7 nitrogen and oxygen atoms in total. The lowest BCUT2D eigenvalue weighted by Crippen LogP contribution is -2.31. The normalized spacial score (nSPS) is 10.3. The summed E-state index contributed by atoms with van der Waals surface area (Å²) in [7, 11) is 4.47. The Kier molecular flexibility index (Phi) is 6.19. The number of anilines is 1. The Morgan fingerprint density at radius 2 is 1.62 bits per heavy atom. The number of phenolic OH excluding ortho intramolecular Hbond substituents is 1. The van der Waals surface area contributed by atoms with E-state index in [-0.39, 0.29) is 18.2 Å². The third-order valence-electron chi connectivity index (χ3n) is 4.38. The van der Waals surface area contributed by atoms with E-state index in [1.54, 1.807) is 42.6 Å². The van der Waals surface area contributed by atoms with Gasteiger partial charge in [0.1, 0.15) is 5.75 Å². The zero-order valence-corrected chi connectivity index (χ0v) is 16.5. The van der Waals surface area contributed by atoms with Crippen LogP contribution in [0, 0.1) is 0 Å². The van der Waals surface area contributed by atoms with Crippen LogP contribution in [0.1, 0.15) is 16.1 Å². The minimum atomic E-state index is -0.351. The first-order chi connectivity index (χ1) is 14.1. The van der Waals surface area contributed by atoms with Crippen molar-refractivity contribution in [2.45, 2.75) is 6.54 Å². The number of ether oxygens (including phenoxy) is 3. The molecular weight excluding hydrogens is 372 g/mol. The van der Waals surface area contributed by atoms with Gasteiger partial charge in [-0.15, -0.1) is 0 Å². The predicted octanol–water partition coefficient (Wildman–Crippen LogP) is 3.66. The van der Waals surface area contributed by atoms with Crippen LogP contribution in [0.25, 0.3) is 0 Å². The van der Waals surface area contributed by atoms with Gasteiger partial charge in [0.25, 0.3) is 5.91 Å². The van der Waals surface area contributed by atoms with E-state index in [1.807, 2.05) is 12.1 Å². The molecule has 29 heavy (non-hydrogen) atoms. The fourth-order valence-corrected chi connectivity index (χ4v) is 2.97. The van der Waals surface area contributed by atoms with Crippen molar-refractivity contribution in [1.82, 2.24) is 4.98 Å². The van der Waals surface area contributed by atoms with Crippen molar-refractivity contribution in [2.75, 3.05) is 26.2 Å². The first-order valence-electron chi connectivity index (χ1n) is 8.88. The van der Waals surface area contributed by atoms with E-state index in [2.05, 4.69) is 4.98 Å². The Morgan fingerprint density at radius 3 is 2.17 bits per heavy atom. The van der Waals surface area contributed by atoms with Gasteiger partial charge in [-0.1, -0.05) is 18.2 Å². The standard InChI is InChI=1S/C22H22N2O5/c1-27-19-12-15(13-20(28-2)21(19)29-3)22(26)24(14-16-8-6-7-11-23-16)17-9-4-5-10-18(17)25/h4-13,25H,14H2,1-3H3. The Bertz CT molecular complexity index is 966. The molecule has 1 heterocycles. The van der Waals surface area contributed by atoms with Gasteiger partial charge in [0.05, 0.1) is 39.3 Å². The maximum atomic E-state index is 13.5. The molecule has 0 fully saturated rings. The summed E-state index contributed by atoms with van der Waals surface area (Å²) in [5.74, 6) is 0.765. The number of hydrogen-bond donors (Lipinski definition) is 1. The van der Waals surface area contributed by atoms with Crippen LogP contribution in [0.15, 0.2) is 60.8 Å². The van der Waals surface area contributed by atoms with Crippen molar-refractivity contribution >= 4 is 11.6 Å². The third kappa shape index (κ3) is 4.24. The molecule has 0 aliphatic carbocycles. The number of phenols is 1. The molecule has 1 aromatic heterocycles. The predicted molar refractivity (Wildman–Crippen MR) is 109 cm³/mol. The average molecular weight is 394 g/mol. The largest absolute Gasteiger partial charge is 0.506 e. The maximum absolute atomic E-state index is 13.5. The molecule has 1 N–H and O–H groups in total. The van der Waals surface area contributed by atoms with E-state index < -0.39 is 0 Å². The van der Waals surface area contributed by atoms with Gasteiger partial charge in [-0.25, -0.2) is 0 Å². The molecule has 0 bridgehead atoms. The monoisotopic (exact) mass is 394 g/mol. The number of rotatable bonds is 7. The van der Waals surface area contributed by atoms with Crippen LogP contribution in [-0.2, 0) is 6.54 Å². The first kappa shape index (κ1) is 20.0. The van der Waals surface area contributed by atoms with E-state index in [0.717, 1.165) is 0 Å². The SMILES string of the molecule is COc1cc(C(=O)N(Cc2ccccn2)c2ccccc2O)cc(OC)c1OC. The summed E-state index contributed by atoms with van der Waals surface area (Å²) in [4.78, 5) is 19.2. The lowest BCUT2D eigenvalue weighted by Gasteiger charge is -2.24. The van der Waals surface area contributed by atoms with Gasteiger partial charge < -0.3 is 19.3 Å². The van der Waals surface area contributed by atoms with Crippen LogP contribution in [0.3, 0.4) is 0 Å². The van der Waals surface area contributed by atoms with Gasteiger partial charge in [-0.05, 0) is 36.4 Å². The number of para-hydroxylation sites is 2. The lowest BCUT2D eigenvalue weighted by atomic mass is 10.1. The van der Waals surface area contributed by atoms with Crippen molar-refractivity contribution in [1.29, 1.82) is 0 Å². The van der Waals surface area contributed by atoms with E-state index in [0.29, 0.717) is 34.2 Å². The molecule has 0 atom stereocenters. The van der Waals surface area contributed by atoms with Crippen LogP contribution in [0.5, 0.6) is 23.0 Å². The molecule has 2 aromatic carbocycles. The van der Waals surface area contributed by atoms with Crippen molar-refractivity contribution in [3.8, 4) is 23.0 Å². The number of nitrogens with zero attached hydrogens (tertiary/aromatic N) is 2. The lowest BCUT2D eigenvalue weighted by molar-refractivity contribution is 0.0983. The second-order valence-corrected chi connectivity index (χ2v) is 6.12. The van der Waals surface area contributed by atoms with Gasteiger partial charge in [-0.3, -0.25) is 14.7 Å². The van der Waals surface area contributed by atoms with E-state index in [4.69, 9.17) is 14.2 Å². The number of carbonyl (C=O) groups excluding carboxylic acids is 1. The van der Waals surface area contributed by atoms with Crippen LogP contribution in [0.2, 0.25) is 0 Å². The molecule has 7 heteroatoms. The fourth-order valence-electron chi connectivity index (χ4n) is 2.97. The molecule has 0 aliphatic heterocycles. The summed E-state index contributed by atoms with van der Waals surface area (Å²) < 4.78 is 16.0. The number of amides is 1. The molecule has 0 aliphatic rings. The highest BCUT2D eigenvalue weighted by Gasteiger charge is 2.24. The maximum Gasteiger partial charge on any atom is 0.259 e. The quantitative estimate of drug-likeness (QED) is 0.659. The molecule has 3 aromatic rings. The van der Waals surface area contributed by atoms with E-state index in [9.17, 15) is 9.90 Å². The number of aromatic nitrogens is 1. The van der Waals surface area contributed by atoms with Crippen molar-refractivity contribution in [2.24, 2.45) is 0 Å². The molecule has 0 saturated heterocycles. The highest BCUT2D eigenvalue weighted by atomic mass is 16.5. The third-order valence-corrected chi connectivity index (χ3v) is 4.38. The molecule has 150 valence electrons. The van der Waals surface area contributed by atoms with Gasteiger partial charge in [-0.2, -0.15) is 0 Å². The topological polar surface area (TPSA) is 81.1 Å². The van der Waals surface area contributed by atoms with Gasteiger partial charge in [0.2, 0.25) is 5.75 Å². The number of aromatic hydroxyl groups is 1. The van der Waals surface area contributed by atoms with Crippen molar-refractivity contribution in [3.63, 3.8) is 0 Å². The first-order valence-corrected chi connectivity index (χ1v) is 8.88. The number of hydrogen-bond acceptors (Lipinski definition) is 6. The molecule has 0 unspecified atom stereocenters. The summed E-state index contributed by atoms with van der Waals surface area (Å²) in [5.41, 5.74) is 1.37. The van der Waals surface area contributed by atoms with Gasteiger partial charge in [0, 0.05) is 11.8 Å². The molecule has 0 spiro atoms. The average Bonchev–Trinajstić information content (AvgIpc) is 2.77. The van der Waals surface area contributed by atoms with Crippen LogP contribution >= 0.6 is 0 Å². The van der Waals surface area contributed by atoms with E-state index in [1.165, 1.54) is 32.3 Å². The molecule has 0 radical (unpaired) electrons. The molecule has 0 saturated carbocycles. The smallest absolute Gasteiger partial charge is 0.259 e. The number of carbonyl (C=O) groups is 1. The van der Waals surface area contributed by atoms with Crippen molar-refractivity contribution in [3.05, 3.63) is 72.1 Å². The second kappa shape index (κ2) is 8.97. The van der Waals surface area contributed by atoms with Gasteiger partial charge >= 0.3 is 0 Å². The van der Waals surface area contributed by atoms with E-state index >= 15 is 0 Å². The van der Waals surface area contributed by atoms with Gasteiger partial charge in [0.15, 0.2) is 11.5 Å². The van der Waals surface area contributed by atoms with Crippen LogP contribution in [0.4, 0.5) is 5.69 Å². The summed E-state index contributed by atoms with van der Waals surface area (Å²) in [6, 6.07) is 15.3. The fraction of sp³-hybridized carbons (Fsp3) is 0.182. The number of methoxy groups -OCH3 is 3. The summed E-state index contributed by atoms with van der Waals surface area (Å²) in [6.07, 6.45) is 1.66. The van der Waals surface area contributed by atoms with Crippen molar-refractivity contribution < 1.29 is 24.1 Å². The van der Waals surface area contributed by atoms with Crippen LogP contribution in [-0.4, -0.2) is 37.3 Å². The Hall–Kier alpha value is -3.74. The number of benzene rings is 2.